The number of rotatable bonds is 5. The highest BCUT2D eigenvalue weighted by Crippen LogP contribution is 2.22. The van der Waals surface area contributed by atoms with Crippen LogP contribution in [0.2, 0.25) is 0 Å². The molecule has 3 rings (SSSR count). The second-order valence-corrected chi connectivity index (χ2v) is 7.47. The topological polar surface area (TPSA) is 88.9 Å². The molecule has 1 aliphatic heterocycles. The van der Waals surface area contributed by atoms with E-state index in [4.69, 9.17) is 9.15 Å². The zero-order chi connectivity index (χ0) is 17.9. The summed E-state index contributed by atoms with van der Waals surface area (Å²) in [5.41, 5.74) is 1.67. The Balaban J connectivity index is 1.77. The second-order valence-electron chi connectivity index (χ2n) is 5.60. The summed E-state index contributed by atoms with van der Waals surface area (Å²) >= 11 is 0. The Bertz CT molecular complexity index is 853. The fourth-order valence-corrected chi connectivity index (χ4v) is 3.95. The molecule has 0 atom stereocenters. The normalized spacial score (nSPS) is 15.9. The third-order valence-corrected chi connectivity index (χ3v) is 5.79. The fraction of sp³-hybridized carbons (Fsp3) is 0.353. The van der Waals surface area contributed by atoms with Gasteiger partial charge in [0.15, 0.2) is 5.76 Å². The van der Waals surface area contributed by atoms with Gasteiger partial charge in [-0.25, -0.2) is 8.42 Å². The van der Waals surface area contributed by atoms with Gasteiger partial charge in [0.1, 0.15) is 0 Å². The van der Waals surface area contributed by atoms with Crippen LogP contribution in [0.25, 0.3) is 0 Å². The van der Waals surface area contributed by atoms with Crippen LogP contribution in [-0.4, -0.2) is 44.9 Å². The number of morpholine rings is 1. The Hall–Kier alpha value is -2.16. The SMILES string of the molecule is CCc1ccccc1NC(=O)c1ccc(S(=O)(=O)N2CCOCC2)o1. The molecule has 0 aliphatic carbocycles. The summed E-state index contributed by atoms with van der Waals surface area (Å²) in [5, 5.41) is 2.53. The number of sulfonamides is 1. The summed E-state index contributed by atoms with van der Waals surface area (Å²) in [7, 11) is -3.75. The van der Waals surface area contributed by atoms with E-state index in [1.807, 2.05) is 25.1 Å². The Labute approximate surface area is 146 Å². The molecule has 7 nitrogen and oxygen atoms in total. The molecular formula is C17H20N2O5S. The quantitative estimate of drug-likeness (QED) is 0.878. The average Bonchev–Trinajstić information content (AvgIpc) is 3.14. The molecule has 1 aromatic heterocycles. The first-order chi connectivity index (χ1) is 12.0. The number of para-hydroxylation sites is 1. The number of hydrogen-bond acceptors (Lipinski definition) is 5. The molecule has 2 aromatic rings. The van der Waals surface area contributed by atoms with Crippen LogP contribution >= 0.6 is 0 Å². The molecule has 25 heavy (non-hydrogen) atoms. The average molecular weight is 364 g/mol. The molecule has 2 heterocycles. The van der Waals surface area contributed by atoms with Crippen LogP contribution in [0, 0.1) is 0 Å². The summed E-state index contributed by atoms with van der Waals surface area (Å²) in [6, 6.07) is 10.1. The van der Waals surface area contributed by atoms with Crippen LogP contribution in [0.5, 0.6) is 0 Å². The molecular weight excluding hydrogens is 344 g/mol. The van der Waals surface area contributed by atoms with E-state index in [1.165, 1.54) is 16.4 Å². The first-order valence-electron chi connectivity index (χ1n) is 8.09. The van der Waals surface area contributed by atoms with E-state index in [0.29, 0.717) is 18.9 Å². The zero-order valence-corrected chi connectivity index (χ0v) is 14.7. The number of carbonyl (C=O) groups excluding carboxylic acids is 1. The van der Waals surface area contributed by atoms with E-state index in [0.717, 1.165) is 12.0 Å². The molecule has 8 heteroatoms. The van der Waals surface area contributed by atoms with Crippen molar-refractivity contribution in [3.05, 3.63) is 47.7 Å². The van der Waals surface area contributed by atoms with Crippen LogP contribution in [-0.2, 0) is 21.2 Å². The predicted molar refractivity (Wildman–Crippen MR) is 92.1 cm³/mol. The number of nitrogens with zero attached hydrogens (tertiary/aromatic N) is 1. The first-order valence-corrected chi connectivity index (χ1v) is 9.53. The molecule has 1 fully saturated rings. The number of benzene rings is 1. The van der Waals surface area contributed by atoms with E-state index in [-0.39, 0.29) is 23.9 Å². The molecule has 0 unspecified atom stereocenters. The van der Waals surface area contributed by atoms with Crippen LogP contribution < -0.4 is 5.32 Å². The first kappa shape index (κ1) is 17.7. The maximum absolute atomic E-state index is 12.5. The van der Waals surface area contributed by atoms with Crippen molar-refractivity contribution in [3.8, 4) is 0 Å². The van der Waals surface area contributed by atoms with E-state index < -0.39 is 15.9 Å². The number of furan rings is 1. The number of ether oxygens (including phenoxy) is 1. The van der Waals surface area contributed by atoms with E-state index in [1.54, 1.807) is 6.07 Å². The molecule has 1 N–H and O–H groups in total. The molecule has 0 saturated carbocycles. The Morgan fingerprint density at radius 1 is 1.16 bits per heavy atom. The van der Waals surface area contributed by atoms with Gasteiger partial charge in [0.05, 0.1) is 13.2 Å². The van der Waals surface area contributed by atoms with Gasteiger partial charge in [-0.1, -0.05) is 25.1 Å². The van der Waals surface area contributed by atoms with Gasteiger partial charge in [-0.05, 0) is 30.2 Å². The third kappa shape index (κ3) is 3.76. The van der Waals surface area contributed by atoms with E-state index >= 15 is 0 Å². The molecule has 134 valence electrons. The highest BCUT2D eigenvalue weighted by molar-refractivity contribution is 7.89. The Morgan fingerprint density at radius 3 is 2.60 bits per heavy atom. The van der Waals surface area contributed by atoms with Crippen molar-refractivity contribution >= 4 is 21.6 Å². The lowest BCUT2D eigenvalue weighted by molar-refractivity contribution is 0.0723. The highest BCUT2D eigenvalue weighted by atomic mass is 32.2. The predicted octanol–water partition coefficient (Wildman–Crippen LogP) is 2.12. The molecule has 1 amide bonds. The van der Waals surface area contributed by atoms with Crippen LogP contribution in [0.15, 0.2) is 45.9 Å². The number of nitrogens with one attached hydrogen (secondary N) is 1. The van der Waals surface area contributed by atoms with Crippen molar-refractivity contribution < 1.29 is 22.4 Å². The van der Waals surface area contributed by atoms with Crippen LogP contribution in [0.1, 0.15) is 23.0 Å². The van der Waals surface area contributed by atoms with Gasteiger partial charge in [-0.15, -0.1) is 0 Å². The summed E-state index contributed by atoms with van der Waals surface area (Å²) in [6.07, 6.45) is 0.769. The maximum Gasteiger partial charge on any atom is 0.291 e. The van der Waals surface area contributed by atoms with Crippen LogP contribution in [0.3, 0.4) is 0 Å². The Morgan fingerprint density at radius 2 is 1.88 bits per heavy atom. The lowest BCUT2D eigenvalue weighted by atomic mass is 10.1. The van der Waals surface area contributed by atoms with Gasteiger partial charge in [-0.2, -0.15) is 4.31 Å². The lowest BCUT2D eigenvalue weighted by Crippen LogP contribution is -2.40. The summed E-state index contributed by atoms with van der Waals surface area (Å²) in [5.74, 6) is -0.526. The molecule has 1 saturated heterocycles. The maximum atomic E-state index is 12.5. The van der Waals surface area contributed by atoms with Crippen molar-refractivity contribution in [2.75, 3.05) is 31.6 Å². The van der Waals surface area contributed by atoms with Crippen molar-refractivity contribution in [3.63, 3.8) is 0 Å². The molecule has 1 aromatic carbocycles. The number of aryl methyl sites for hydroxylation is 1. The van der Waals surface area contributed by atoms with Gasteiger partial charge in [0.25, 0.3) is 15.9 Å². The van der Waals surface area contributed by atoms with Crippen molar-refractivity contribution in [2.24, 2.45) is 0 Å². The largest absolute Gasteiger partial charge is 0.438 e. The molecule has 1 aliphatic rings. The van der Waals surface area contributed by atoms with Gasteiger partial charge in [-0.3, -0.25) is 4.79 Å². The molecule has 0 spiro atoms. The van der Waals surface area contributed by atoms with Gasteiger partial charge in [0, 0.05) is 18.8 Å². The van der Waals surface area contributed by atoms with E-state index in [9.17, 15) is 13.2 Å². The minimum atomic E-state index is -3.75. The fourth-order valence-electron chi connectivity index (χ4n) is 2.63. The minimum Gasteiger partial charge on any atom is -0.438 e. The number of anilines is 1. The highest BCUT2D eigenvalue weighted by Gasteiger charge is 2.30. The minimum absolute atomic E-state index is 0.0438. The van der Waals surface area contributed by atoms with Crippen molar-refractivity contribution in [1.29, 1.82) is 0 Å². The van der Waals surface area contributed by atoms with Crippen molar-refractivity contribution in [2.45, 2.75) is 18.4 Å². The number of hydrogen-bond donors (Lipinski definition) is 1. The van der Waals surface area contributed by atoms with Gasteiger partial charge >= 0.3 is 0 Å². The Kier molecular flexibility index (Phi) is 5.22. The smallest absolute Gasteiger partial charge is 0.291 e. The zero-order valence-electron chi connectivity index (χ0n) is 13.9. The summed E-state index contributed by atoms with van der Waals surface area (Å²) < 4.78 is 36.8. The van der Waals surface area contributed by atoms with Crippen molar-refractivity contribution in [1.82, 2.24) is 4.31 Å². The lowest BCUT2D eigenvalue weighted by Gasteiger charge is -2.24. The standard InChI is InChI=1S/C17H20N2O5S/c1-2-13-5-3-4-6-14(13)18-17(20)15-7-8-16(24-15)25(21,22)19-9-11-23-12-10-19/h3-8H,2,9-12H2,1H3,(H,18,20). The van der Waals surface area contributed by atoms with E-state index in [2.05, 4.69) is 5.32 Å². The van der Waals surface area contributed by atoms with Gasteiger partial charge < -0.3 is 14.5 Å². The van der Waals surface area contributed by atoms with Gasteiger partial charge in [0.2, 0.25) is 5.09 Å². The summed E-state index contributed by atoms with van der Waals surface area (Å²) in [4.78, 5) is 12.4. The molecule has 0 bridgehead atoms. The summed E-state index contributed by atoms with van der Waals surface area (Å²) in [6.45, 7) is 3.23. The number of carbonyl (C=O) groups is 1. The number of amides is 1. The molecule has 0 radical (unpaired) electrons. The monoisotopic (exact) mass is 364 g/mol. The third-order valence-electron chi connectivity index (χ3n) is 4.02. The van der Waals surface area contributed by atoms with Crippen LogP contribution in [0.4, 0.5) is 5.69 Å². The second kappa shape index (κ2) is 7.38.